The number of benzene rings is 1. The first-order chi connectivity index (χ1) is 13.6. The predicted octanol–water partition coefficient (Wildman–Crippen LogP) is 1.62. The van der Waals surface area contributed by atoms with Gasteiger partial charge in [0.15, 0.2) is 9.84 Å². The monoisotopic (exact) mass is 458 g/mol. The van der Waals surface area contributed by atoms with Gasteiger partial charge in [-0.2, -0.15) is 4.31 Å². The van der Waals surface area contributed by atoms with Gasteiger partial charge in [0, 0.05) is 37.1 Å². The first-order valence-electron chi connectivity index (χ1n) is 8.68. The van der Waals surface area contributed by atoms with Gasteiger partial charge in [0.05, 0.1) is 4.90 Å². The van der Waals surface area contributed by atoms with E-state index in [2.05, 4.69) is 0 Å². The van der Waals surface area contributed by atoms with Gasteiger partial charge in [-0.3, -0.25) is 10.0 Å². The fraction of sp³-hybridized carbons (Fsp3) is 0.333. The Morgan fingerprint density at radius 1 is 1.17 bits per heavy atom. The molecule has 1 aromatic carbocycles. The van der Waals surface area contributed by atoms with Crippen LogP contribution in [0.2, 0.25) is 0 Å². The Morgan fingerprint density at radius 3 is 2.41 bits per heavy atom. The number of amides is 1. The lowest BCUT2D eigenvalue weighted by atomic mass is 10.0. The molecule has 0 radical (unpaired) electrons. The number of hydroxylamine groups is 1. The summed E-state index contributed by atoms with van der Waals surface area (Å²) >= 11 is 5.30. The molecular formula is C18H22N2O6S3. The number of nitrogens with zero attached hydrogens (tertiary/aromatic N) is 1. The Morgan fingerprint density at radius 2 is 1.83 bits per heavy atom. The summed E-state index contributed by atoms with van der Waals surface area (Å²) in [6.45, 7) is -0.234. The molecule has 0 aromatic heterocycles. The third-order valence-electron chi connectivity index (χ3n) is 4.30. The van der Waals surface area contributed by atoms with E-state index in [1.807, 2.05) is 18.2 Å². The zero-order chi connectivity index (χ0) is 21.7. The zero-order valence-corrected chi connectivity index (χ0v) is 18.2. The van der Waals surface area contributed by atoms with Crippen LogP contribution in [0.5, 0.6) is 0 Å². The molecule has 1 aliphatic carbocycles. The fourth-order valence-electron chi connectivity index (χ4n) is 2.79. The van der Waals surface area contributed by atoms with Gasteiger partial charge in [0.2, 0.25) is 15.9 Å². The molecule has 8 nitrogen and oxygen atoms in total. The average molecular weight is 459 g/mol. The van der Waals surface area contributed by atoms with Gasteiger partial charge in [-0.1, -0.05) is 42.6 Å². The van der Waals surface area contributed by atoms with Crippen molar-refractivity contribution >= 4 is 42.9 Å². The van der Waals surface area contributed by atoms with E-state index >= 15 is 0 Å². The number of nitrogens with one attached hydrogen (secondary N) is 1. The maximum absolute atomic E-state index is 13.3. The van der Waals surface area contributed by atoms with Crippen LogP contribution in [0.1, 0.15) is 19.3 Å². The normalized spacial score (nSPS) is 14.7. The number of carbonyl (C=O) groups excluding carboxylic acids is 1. The van der Waals surface area contributed by atoms with Gasteiger partial charge in [0.1, 0.15) is 4.90 Å². The summed E-state index contributed by atoms with van der Waals surface area (Å²) in [4.78, 5) is 11.5. The molecule has 0 saturated heterocycles. The lowest BCUT2D eigenvalue weighted by Gasteiger charge is -2.24. The van der Waals surface area contributed by atoms with Gasteiger partial charge in [-0.15, -0.1) is 0 Å². The van der Waals surface area contributed by atoms with E-state index in [9.17, 15) is 21.6 Å². The second-order valence-corrected chi connectivity index (χ2v) is 10.8. The maximum Gasteiger partial charge on any atom is 0.244 e. The number of carbonyl (C=O) groups is 1. The van der Waals surface area contributed by atoms with Crippen molar-refractivity contribution in [2.75, 3.05) is 19.3 Å². The minimum atomic E-state index is -4.23. The van der Waals surface area contributed by atoms with Crippen molar-refractivity contribution in [1.29, 1.82) is 0 Å². The lowest BCUT2D eigenvalue weighted by molar-refractivity contribution is -0.129. The molecule has 2 N–H and O–H groups in total. The third-order valence-corrected chi connectivity index (χ3v) is 7.97. The molecule has 0 unspecified atom stereocenters. The summed E-state index contributed by atoms with van der Waals surface area (Å²) in [6, 6.07) is 5.32. The Labute approximate surface area is 175 Å². The standard InChI is InChI=1S/C18H22N2O6S3/c1-28(23,24)16-8-4-5-9-17(16)29(25,26)20(13-11-18(21)19-22)12-10-14-6-2-3-7-15(14)27/h2-6,8-9,22H,7,10-13H2,1H3,(H,19,21). The summed E-state index contributed by atoms with van der Waals surface area (Å²) in [6.07, 6.45) is 7.09. The molecule has 1 amide bonds. The highest BCUT2D eigenvalue weighted by Crippen LogP contribution is 2.25. The predicted molar refractivity (Wildman–Crippen MR) is 112 cm³/mol. The second-order valence-electron chi connectivity index (χ2n) is 6.41. The number of rotatable bonds is 9. The molecule has 2 rings (SSSR count). The SMILES string of the molecule is CS(=O)(=O)c1ccccc1S(=O)(=O)N(CCC(=O)NO)CCC1=CC=CCC1=S. The van der Waals surface area contributed by atoms with E-state index in [4.69, 9.17) is 17.4 Å². The molecule has 29 heavy (non-hydrogen) atoms. The van der Waals surface area contributed by atoms with Crippen LogP contribution in [0.25, 0.3) is 0 Å². The highest BCUT2D eigenvalue weighted by molar-refractivity contribution is 7.93. The van der Waals surface area contributed by atoms with Gasteiger partial charge in [-0.05, 0) is 24.1 Å². The minimum Gasteiger partial charge on any atom is -0.289 e. The number of sulfone groups is 1. The molecule has 0 heterocycles. The molecule has 158 valence electrons. The Kier molecular flexibility index (Phi) is 7.83. The Balaban J connectivity index is 2.39. The molecule has 0 atom stereocenters. The number of sulfonamides is 1. The highest BCUT2D eigenvalue weighted by Gasteiger charge is 2.30. The molecule has 1 aliphatic rings. The smallest absolute Gasteiger partial charge is 0.244 e. The molecule has 0 bridgehead atoms. The van der Waals surface area contributed by atoms with Crippen molar-refractivity contribution in [3.05, 3.63) is 48.1 Å². The molecular weight excluding hydrogens is 436 g/mol. The van der Waals surface area contributed by atoms with Crippen molar-refractivity contribution in [3.8, 4) is 0 Å². The van der Waals surface area contributed by atoms with Crippen molar-refractivity contribution in [3.63, 3.8) is 0 Å². The Bertz CT molecular complexity index is 1060. The first kappa shape index (κ1) is 23.4. The van der Waals surface area contributed by atoms with E-state index in [1.165, 1.54) is 29.7 Å². The quantitative estimate of drug-likeness (QED) is 0.328. The number of allylic oxidation sites excluding steroid dienone is 3. The van der Waals surface area contributed by atoms with Crippen LogP contribution in [0, 0.1) is 0 Å². The zero-order valence-electron chi connectivity index (χ0n) is 15.7. The van der Waals surface area contributed by atoms with E-state index in [-0.39, 0.29) is 29.3 Å². The molecule has 11 heteroatoms. The van der Waals surface area contributed by atoms with Crippen molar-refractivity contribution < 1.29 is 26.8 Å². The van der Waals surface area contributed by atoms with E-state index < -0.39 is 25.8 Å². The number of hydrogen-bond acceptors (Lipinski definition) is 7. The summed E-state index contributed by atoms with van der Waals surface area (Å²) in [7, 11) is -8.03. The van der Waals surface area contributed by atoms with Crippen LogP contribution >= 0.6 is 12.2 Å². The van der Waals surface area contributed by atoms with Crippen LogP contribution in [-0.2, 0) is 24.7 Å². The topological polar surface area (TPSA) is 121 Å². The van der Waals surface area contributed by atoms with Crippen molar-refractivity contribution in [1.82, 2.24) is 9.79 Å². The van der Waals surface area contributed by atoms with Gasteiger partial charge in [0.25, 0.3) is 0 Å². The highest BCUT2D eigenvalue weighted by atomic mass is 32.2. The number of hydrogen-bond donors (Lipinski definition) is 2. The van der Waals surface area contributed by atoms with E-state index in [0.29, 0.717) is 17.7 Å². The van der Waals surface area contributed by atoms with Crippen molar-refractivity contribution in [2.24, 2.45) is 0 Å². The number of thiocarbonyl (C=S) groups is 1. The van der Waals surface area contributed by atoms with Crippen molar-refractivity contribution in [2.45, 2.75) is 29.1 Å². The summed E-state index contributed by atoms with van der Waals surface area (Å²) in [5.74, 6) is -0.753. The second kappa shape index (κ2) is 9.72. The van der Waals surface area contributed by atoms with Gasteiger partial charge < -0.3 is 0 Å². The van der Waals surface area contributed by atoms with Crippen LogP contribution in [0.3, 0.4) is 0 Å². The molecule has 0 spiro atoms. The van der Waals surface area contributed by atoms with Gasteiger partial charge in [-0.25, -0.2) is 22.3 Å². The summed E-state index contributed by atoms with van der Waals surface area (Å²) in [5.41, 5.74) is 2.27. The molecule has 0 saturated carbocycles. The molecule has 0 aliphatic heterocycles. The lowest BCUT2D eigenvalue weighted by Crippen LogP contribution is -2.36. The fourth-order valence-corrected chi connectivity index (χ4v) is 6.10. The van der Waals surface area contributed by atoms with Crippen LogP contribution in [0.4, 0.5) is 0 Å². The van der Waals surface area contributed by atoms with E-state index in [0.717, 1.165) is 16.1 Å². The minimum absolute atomic E-state index is 0.00104. The largest absolute Gasteiger partial charge is 0.289 e. The summed E-state index contributed by atoms with van der Waals surface area (Å²) < 4.78 is 51.7. The van der Waals surface area contributed by atoms with Crippen LogP contribution in [-0.4, -0.2) is 56.5 Å². The summed E-state index contributed by atoms with van der Waals surface area (Å²) in [5, 5.41) is 8.71. The molecule has 0 fully saturated rings. The average Bonchev–Trinajstić information content (AvgIpc) is 2.68. The van der Waals surface area contributed by atoms with Crippen LogP contribution in [0.15, 0.2) is 57.9 Å². The maximum atomic E-state index is 13.3. The van der Waals surface area contributed by atoms with Gasteiger partial charge >= 0.3 is 0 Å². The van der Waals surface area contributed by atoms with Crippen LogP contribution < -0.4 is 5.48 Å². The Hall–Kier alpha value is -1.92. The molecule has 1 aromatic rings. The third kappa shape index (κ3) is 6.03. The van der Waals surface area contributed by atoms with E-state index in [1.54, 1.807) is 0 Å². The first-order valence-corrected chi connectivity index (χ1v) is 12.4.